The van der Waals surface area contributed by atoms with Crippen molar-refractivity contribution in [3.8, 4) is 0 Å². The lowest BCUT2D eigenvalue weighted by Crippen LogP contribution is -2.55. The Morgan fingerprint density at radius 2 is 2.13 bits per heavy atom. The van der Waals surface area contributed by atoms with Gasteiger partial charge in [0.1, 0.15) is 11.6 Å². The molecule has 0 saturated carbocycles. The molecule has 3 atom stereocenters. The predicted octanol–water partition coefficient (Wildman–Crippen LogP) is 0.389. The van der Waals surface area contributed by atoms with Gasteiger partial charge >= 0.3 is 5.97 Å². The maximum atomic E-state index is 13.5. The van der Waals surface area contributed by atoms with Crippen LogP contribution in [0.1, 0.15) is 27.2 Å². The van der Waals surface area contributed by atoms with E-state index >= 15 is 0 Å². The largest absolute Gasteiger partial charge is 0.459 e. The van der Waals surface area contributed by atoms with Gasteiger partial charge in [-0.25, -0.2) is 4.39 Å². The van der Waals surface area contributed by atoms with Gasteiger partial charge in [-0.15, -0.1) is 0 Å². The van der Waals surface area contributed by atoms with Crippen molar-refractivity contribution in [2.24, 2.45) is 0 Å². The number of nitrogens with one attached hydrogen (secondary N) is 1. The van der Waals surface area contributed by atoms with Gasteiger partial charge < -0.3 is 15.2 Å². The molecule has 0 bridgehead atoms. The smallest absolute Gasteiger partial charge is 0.326 e. The highest BCUT2D eigenvalue weighted by atomic mass is 19.1. The number of hydrogen-bond donors (Lipinski definition) is 2. The zero-order valence-corrected chi connectivity index (χ0v) is 9.29. The van der Waals surface area contributed by atoms with Gasteiger partial charge in [-0.3, -0.25) is 4.79 Å². The highest BCUT2D eigenvalue weighted by Crippen LogP contribution is 2.17. The van der Waals surface area contributed by atoms with E-state index in [2.05, 4.69) is 5.32 Å². The standard InChI is InChI=1S/C10H18FNO3/c1-10(2,3)15-9(14)8-7(11)6(13)4-5-12-8/h6-8,12-13H,4-5H2,1-3H3/t6-,7-,8?/m0/s1. The number of halogens is 1. The third-order valence-corrected chi connectivity index (χ3v) is 2.15. The Morgan fingerprint density at radius 3 is 2.67 bits per heavy atom. The zero-order chi connectivity index (χ0) is 11.6. The van der Waals surface area contributed by atoms with E-state index in [1.54, 1.807) is 20.8 Å². The Kier molecular flexibility index (Phi) is 3.67. The first-order valence-electron chi connectivity index (χ1n) is 5.09. The quantitative estimate of drug-likeness (QED) is 0.626. The average Bonchev–Trinajstić information content (AvgIpc) is 2.06. The first-order valence-corrected chi connectivity index (χ1v) is 5.09. The average molecular weight is 219 g/mol. The highest BCUT2D eigenvalue weighted by Gasteiger charge is 2.39. The summed E-state index contributed by atoms with van der Waals surface area (Å²) in [4.78, 5) is 11.5. The third kappa shape index (κ3) is 3.43. The van der Waals surface area contributed by atoms with Gasteiger partial charge in [0, 0.05) is 0 Å². The summed E-state index contributed by atoms with van der Waals surface area (Å²) in [6.45, 7) is 5.58. The van der Waals surface area contributed by atoms with Crippen molar-refractivity contribution in [1.82, 2.24) is 5.32 Å². The van der Waals surface area contributed by atoms with Gasteiger partial charge in [-0.2, -0.15) is 0 Å². The van der Waals surface area contributed by atoms with Crippen LogP contribution >= 0.6 is 0 Å². The summed E-state index contributed by atoms with van der Waals surface area (Å²) >= 11 is 0. The van der Waals surface area contributed by atoms with Gasteiger partial charge in [0.05, 0.1) is 6.10 Å². The molecule has 88 valence electrons. The van der Waals surface area contributed by atoms with Crippen molar-refractivity contribution in [3.63, 3.8) is 0 Å². The Morgan fingerprint density at radius 1 is 1.53 bits per heavy atom. The number of carbonyl (C=O) groups excluding carboxylic acids is 1. The van der Waals surface area contributed by atoms with Crippen molar-refractivity contribution in [2.75, 3.05) is 6.54 Å². The fraction of sp³-hybridized carbons (Fsp3) is 0.900. The molecule has 1 rings (SSSR count). The molecule has 4 nitrogen and oxygen atoms in total. The van der Waals surface area contributed by atoms with Crippen LogP contribution in [-0.2, 0) is 9.53 Å². The first-order chi connectivity index (χ1) is 6.81. The van der Waals surface area contributed by atoms with Crippen LogP contribution in [0.15, 0.2) is 0 Å². The Labute approximate surface area is 88.8 Å². The van der Waals surface area contributed by atoms with E-state index in [1.165, 1.54) is 0 Å². The second-order valence-corrected chi connectivity index (χ2v) is 4.77. The number of carbonyl (C=O) groups is 1. The number of alkyl halides is 1. The van der Waals surface area contributed by atoms with Gasteiger partial charge in [-0.1, -0.05) is 0 Å². The van der Waals surface area contributed by atoms with Crippen molar-refractivity contribution in [3.05, 3.63) is 0 Å². The molecule has 1 saturated heterocycles. The summed E-state index contributed by atoms with van der Waals surface area (Å²) in [6, 6.07) is -1.05. The molecule has 0 amide bonds. The van der Waals surface area contributed by atoms with Crippen LogP contribution in [0.25, 0.3) is 0 Å². The third-order valence-electron chi connectivity index (χ3n) is 2.15. The molecule has 1 heterocycles. The number of rotatable bonds is 1. The molecule has 2 N–H and O–H groups in total. The van der Waals surface area contributed by atoms with Crippen molar-refractivity contribution >= 4 is 5.97 Å². The molecule has 0 aromatic heterocycles. The Bertz CT molecular complexity index is 239. The minimum atomic E-state index is -1.59. The summed E-state index contributed by atoms with van der Waals surface area (Å²) in [6.07, 6.45) is -2.35. The van der Waals surface area contributed by atoms with E-state index in [1.807, 2.05) is 0 Å². The van der Waals surface area contributed by atoms with Crippen molar-refractivity contribution < 1.29 is 19.0 Å². The molecule has 0 aromatic rings. The van der Waals surface area contributed by atoms with Crippen LogP contribution in [0.4, 0.5) is 4.39 Å². The fourth-order valence-electron chi connectivity index (χ4n) is 1.46. The lowest BCUT2D eigenvalue weighted by molar-refractivity contribution is -0.162. The molecule has 1 aliphatic heterocycles. The lowest BCUT2D eigenvalue weighted by atomic mass is 9.99. The summed E-state index contributed by atoms with van der Waals surface area (Å²) in [5, 5.41) is 12.0. The predicted molar refractivity (Wildman–Crippen MR) is 53.2 cm³/mol. The number of hydrogen-bond acceptors (Lipinski definition) is 4. The number of piperidine rings is 1. The molecule has 1 aliphatic rings. The minimum absolute atomic E-state index is 0.320. The van der Waals surface area contributed by atoms with Crippen LogP contribution in [-0.4, -0.2) is 41.5 Å². The van der Waals surface area contributed by atoms with Crippen LogP contribution in [0.5, 0.6) is 0 Å². The summed E-state index contributed by atoms with van der Waals surface area (Å²) in [7, 11) is 0. The summed E-state index contributed by atoms with van der Waals surface area (Å²) in [5.41, 5.74) is -0.638. The van der Waals surface area contributed by atoms with Crippen molar-refractivity contribution in [1.29, 1.82) is 0 Å². The van der Waals surface area contributed by atoms with E-state index in [-0.39, 0.29) is 0 Å². The van der Waals surface area contributed by atoms with Crippen LogP contribution in [0.3, 0.4) is 0 Å². The normalized spacial score (nSPS) is 32.5. The van der Waals surface area contributed by atoms with Gasteiger partial charge in [0.15, 0.2) is 6.17 Å². The first kappa shape index (κ1) is 12.4. The molecule has 0 spiro atoms. The second-order valence-electron chi connectivity index (χ2n) is 4.77. The molecule has 15 heavy (non-hydrogen) atoms. The molecule has 1 unspecified atom stereocenters. The summed E-state index contributed by atoms with van der Waals surface area (Å²) in [5.74, 6) is -0.645. The second kappa shape index (κ2) is 4.45. The van der Waals surface area contributed by atoms with E-state index in [0.717, 1.165) is 0 Å². The monoisotopic (exact) mass is 219 g/mol. The Balaban J connectivity index is 2.59. The molecule has 0 radical (unpaired) electrons. The van der Waals surface area contributed by atoms with Gasteiger partial charge in [-0.05, 0) is 33.7 Å². The SMILES string of the molecule is CC(C)(C)OC(=O)C1NCC[C@H](O)[C@@H]1F. The van der Waals surface area contributed by atoms with Crippen LogP contribution in [0.2, 0.25) is 0 Å². The summed E-state index contributed by atoms with van der Waals surface area (Å²) < 4.78 is 18.5. The van der Waals surface area contributed by atoms with E-state index in [9.17, 15) is 14.3 Å². The van der Waals surface area contributed by atoms with Gasteiger partial charge in [0.25, 0.3) is 0 Å². The molecular weight excluding hydrogens is 201 g/mol. The van der Waals surface area contributed by atoms with Crippen molar-refractivity contribution in [2.45, 2.75) is 51.1 Å². The molecule has 0 aliphatic carbocycles. The van der Waals surface area contributed by atoms with E-state index in [0.29, 0.717) is 13.0 Å². The minimum Gasteiger partial charge on any atom is -0.459 e. The molecule has 0 aromatic carbocycles. The Hall–Kier alpha value is -0.680. The topological polar surface area (TPSA) is 58.6 Å². The molecule has 5 heteroatoms. The maximum Gasteiger partial charge on any atom is 0.326 e. The fourth-order valence-corrected chi connectivity index (χ4v) is 1.46. The van der Waals surface area contributed by atoms with E-state index in [4.69, 9.17) is 4.74 Å². The number of ether oxygens (including phenoxy) is 1. The van der Waals surface area contributed by atoms with E-state index < -0.39 is 29.9 Å². The highest BCUT2D eigenvalue weighted by molar-refractivity contribution is 5.77. The van der Waals surface area contributed by atoms with Crippen LogP contribution < -0.4 is 5.32 Å². The zero-order valence-electron chi connectivity index (χ0n) is 9.29. The molecule has 1 fully saturated rings. The maximum absolute atomic E-state index is 13.5. The molecular formula is C10H18FNO3. The number of esters is 1. The number of aliphatic hydroxyl groups is 1. The lowest BCUT2D eigenvalue weighted by Gasteiger charge is -2.31. The van der Waals surface area contributed by atoms with Gasteiger partial charge in [0.2, 0.25) is 0 Å². The van der Waals surface area contributed by atoms with Crippen LogP contribution in [0, 0.1) is 0 Å². The number of aliphatic hydroxyl groups excluding tert-OH is 1.